The molecule has 0 saturated carbocycles. The predicted octanol–water partition coefficient (Wildman–Crippen LogP) is 17.6. The molecular weight excluding hydrogens is 833 g/mol. The number of benzene rings is 11. The summed E-state index contributed by atoms with van der Waals surface area (Å²) < 4.78 is 2.52. The molecule has 12 aromatic rings. The lowest BCUT2D eigenvalue weighted by atomic mass is 9.65. The molecule has 0 saturated heterocycles. The highest BCUT2D eigenvalue weighted by Crippen LogP contribution is 2.61. The van der Waals surface area contributed by atoms with E-state index in [0.29, 0.717) is 0 Å². The van der Waals surface area contributed by atoms with E-state index in [1.165, 1.54) is 99.8 Å². The van der Waals surface area contributed by atoms with E-state index in [4.69, 9.17) is 0 Å². The van der Waals surface area contributed by atoms with Crippen molar-refractivity contribution in [2.24, 2.45) is 0 Å². The molecule has 2 heterocycles. The molecule has 0 amide bonds. The van der Waals surface area contributed by atoms with Crippen LogP contribution in [0, 0.1) is 0 Å². The van der Waals surface area contributed by atoms with E-state index in [-0.39, 0.29) is 0 Å². The van der Waals surface area contributed by atoms with Crippen LogP contribution in [0.25, 0.3) is 83.1 Å². The van der Waals surface area contributed by atoms with Gasteiger partial charge in [-0.25, -0.2) is 0 Å². The van der Waals surface area contributed by atoms with Crippen LogP contribution in [-0.2, 0) is 5.41 Å². The largest absolute Gasteiger partial charge is 0.309 e. The van der Waals surface area contributed by atoms with E-state index in [0.717, 1.165) is 22.6 Å². The maximum Gasteiger partial charge on any atom is 0.0754 e. The lowest BCUT2D eigenvalue weighted by molar-refractivity contribution is 0.749. The van der Waals surface area contributed by atoms with Crippen molar-refractivity contribution in [3.63, 3.8) is 0 Å². The molecule has 0 bridgehead atoms. The Labute approximate surface area is 402 Å². The van der Waals surface area contributed by atoms with Crippen LogP contribution in [0.2, 0.25) is 0 Å². The van der Waals surface area contributed by atoms with Crippen LogP contribution < -0.4 is 4.90 Å². The van der Waals surface area contributed by atoms with Gasteiger partial charge in [0.2, 0.25) is 0 Å². The molecule has 1 unspecified atom stereocenters. The number of anilines is 3. The highest BCUT2D eigenvalue weighted by atomic mass is 15.1. The van der Waals surface area contributed by atoms with Gasteiger partial charge in [-0.15, -0.1) is 0 Å². The number of aromatic nitrogens is 1. The molecule has 1 aliphatic carbocycles. The Hall–Kier alpha value is -8.98. The van der Waals surface area contributed by atoms with Gasteiger partial charge < -0.3 is 9.47 Å². The maximum absolute atomic E-state index is 2.52. The van der Waals surface area contributed by atoms with Crippen molar-refractivity contribution < 1.29 is 0 Å². The first-order valence-corrected chi connectivity index (χ1v) is 23.9. The summed E-state index contributed by atoms with van der Waals surface area (Å²) in [6, 6.07) is 98.5. The predicted molar refractivity (Wildman–Crippen MR) is 288 cm³/mol. The Bertz CT molecular complexity index is 3960. The first kappa shape index (κ1) is 39.2. The van der Waals surface area contributed by atoms with Crippen LogP contribution in [0.4, 0.5) is 17.1 Å². The fourth-order valence-electron chi connectivity index (χ4n) is 11.9. The normalized spacial score (nSPS) is 14.1. The quantitative estimate of drug-likeness (QED) is 0.155. The van der Waals surface area contributed by atoms with Crippen LogP contribution in [0.1, 0.15) is 22.3 Å². The second-order valence-corrected chi connectivity index (χ2v) is 18.4. The summed E-state index contributed by atoms with van der Waals surface area (Å²) in [5, 5.41) is 2.57. The summed E-state index contributed by atoms with van der Waals surface area (Å²) in [7, 11) is 0. The minimum atomic E-state index is -0.512. The average molecular weight is 877 g/mol. The van der Waals surface area contributed by atoms with Gasteiger partial charge in [-0.3, -0.25) is 0 Å². The molecule has 14 rings (SSSR count). The molecule has 1 atom stereocenters. The minimum Gasteiger partial charge on any atom is -0.309 e. The number of para-hydroxylation sites is 5. The zero-order chi connectivity index (χ0) is 45.5. The van der Waals surface area contributed by atoms with Crippen molar-refractivity contribution in [2.45, 2.75) is 5.41 Å². The van der Waals surface area contributed by atoms with Crippen LogP contribution in [0.15, 0.2) is 267 Å². The zero-order valence-electron chi connectivity index (χ0n) is 37.8. The molecule has 322 valence electrons. The molecule has 69 heavy (non-hydrogen) atoms. The van der Waals surface area contributed by atoms with Crippen LogP contribution >= 0.6 is 0 Å². The molecule has 0 fully saturated rings. The molecular formula is C67H44N2. The number of hydrogen-bond acceptors (Lipinski definition) is 1. The Morgan fingerprint density at radius 3 is 1.58 bits per heavy atom. The Morgan fingerprint density at radius 2 is 0.797 bits per heavy atom. The van der Waals surface area contributed by atoms with Gasteiger partial charge >= 0.3 is 0 Å². The van der Waals surface area contributed by atoms with E-state index in [9.17, 15) is 0 Å². The van der Waals surface area contributed by atoms with Crippen molar-refractivity contribution in [1.29, 1.82) is 0 Å². The highest BCUT2D eigenvalue weighted by molar-refractivity contribution is 6.13. The lowest BCUT2D eigenvalue weighted by Gasteiger charge is -2.39. The maximum atomic E-state index is 2.52. The molecule has 2 heteroatoms. The molecule has 0 N–H and O–H groups in total. The minimum absolute atomic E-state index is 0.512. The van der Waals surface area contributed by atoms with E-state index < -0.39 is 5.41 Å². The molecule has 1 aromatic heterocycles. The van der Waals surface area contributed by atoms with Gasteiger partial charge in [0.25, 0.3) is 0 Å². The van der Waals surface area contributed by atoms with E-state index in [1.807, 2.05) is 0 Å². The summed E-state index contributed by atoms with van der Waals surface area (Å²) >= 11 is 0. The summed E-state index contributed by atoms with van der Waals surface area (Å²) in [4.78, 5) is 2.45. The van der Waals surface area contributed by atoms with Gasteiger partial charge in [-0.1, -0.05) is 218 Å². The first-order chi connectivity index (χ1) is 34.3. The number of fused-ring (bicyclic) bond motifs is 12. The van der Waals surface area contributed by atoms with Crippen molar-refractivity contribution in [1.82, 2.24) is 4.57 Å². The SMILES string of the molecule is c1ccc(-c2cccc(-c3ccccc3N(c3ccc(-c4ccc5c(c4)C4(c6ccccc6-5)c5ccccc5-n5c6ccccc6c6cccc4c65)cc3)c3ccccc3-c3ccccc3)c2)cc1. The van der Waals surface area contributed by atoms with Crippen molar-refractivity contribution >= 4 is 38.9 Å². The summed E-state index contributed by atoms with van der Waals surface area (Å²) in [5.41, 5.74) is 23.9. The highest BCUT2D eigenvalue weighted by Gasteiger charge is 2.50. The van der Waals surface area contributed by atoms with Crippen LogP contribution in [-0.4, -0.2) is 4.57 Å². The van der Waals surface area contributed by atoms with Gasteiger partial charge in [-0.05, 0) is 115 Å². The molecule has 0 radical (unpaired) electrons. The van der Waals surface area contributed by atoms with Gasteiger partial charge in [0, 0.05) is 27.6 Å². The standard InChI is InChI=1S/C67H44N2/c1-3-19-45(20-4-1)48-23-17-24-50(43-48)53-26-9-14-34-63(53)68(62-33-13-8-25-52(62)47-21-5-2-6-22-47)51-40-37-46(38-41-51)49-39-42-55-54-27-7-11-30-58(54)67(61(55)44-49)59-31-12-16-36-65(59)69-64-35-15-10-28-56(64)57-29-18-32-60(67)66(57)69/h1-44H. The monoisotopic (exact) mass is 876 g/mol. The van der Waals surface area contributed by atoms with Gasteiger partial charge in [-0.2, -0.15) is 0 Å². The fourth-order valence-corrected chi connectivity index (χ4v) is 11.9. The van der Waals surface area contributed by atoms with Crippen molar-refractivity contribution in [3.05, 3.63) is 289 Å². The van der Waals surface area contributed by atoms with E-state index in [2.05, 4.69) is 276 Å². The Balaban J connectivity index is 0.945. The molecule has 1 aliphatic heterocycles. The van der Waals surface area contributed by atoms with Gasteiger partial charge in [0.15, 0.2) is 0 Å². The second kappa shape index (κ2) is 15.6. The molecule has 2 nitrogen and oxygen atoms in total. The van der Waals surface area contributed by atoms with Crippen molar-refractivity contribution in [3.8, 4) is 61.3 Å². The molecule has 11 aromatic carbocycles. The topological polar surface area (TPSA) is 8.17 Å². The lowest BCUT2D eigenvalue weighted by Crippen LogP contribution is -2.33. The molecule has 2 aliphatic rings. The summed E-state index contributed by atoms with van der Waals surface area (Å²) in [6.45, 7) is 0. The number of nitrogens with zero attached hydrogens (tertiary/aromatic N) is 2. The third-order valence-corrected chi connectivity index (χ3v) is 14.8. The molecule has 1 spiro atoms. The Kier molecular flexibility index (Phi) is 8.84. The fraction of sp³-hybridized carbons (Fsp3) is 0.0149. The third kappa shape index (κ3) is 5.86. The van der Waals surface area contributed by atoms with Gasteiger partial charge in [0.1, 0.15) is 0 Å². The zero-order valence-corrected chi connectivity index (χ0v) is 37.8. The second-order valence-electron chi connectivity index (χ2n) is 18.4. The summed E-state index contributed by atoms with van der Waals surface area (Å²) in [5.74, 6) is 0. The smallest absolute Gasteiger partial charge is 0.0754 e. The van der Waals surface area contributed by atoms with Gasteiger partial charge in [0.05, 0.1) is 33.5 Å². The Morgan fingerprint density at radius 1 is 0.290 bits per heavy atom. The first-order valence-electron chi connectivity index (χ1n) is 23.9. The van der Waals surface area contributed by atoms with E-state index in [1.54, 1.807) is 0 Å². The van der Waals surface area contributed by atoms with Crippen LogP contribution in [0.5, 0.6) is 0 Å². The van der Waals surface area contributed by atoms with Crippen molar-refractivity contribution in [2.75, 3.05) is 4.90 Å². The average Bonchev–Trinajstić information content (AvgIpc) is 3.92. The van der Waals surface area contributed by atoms with Crippen LogP contribution in [0.3, 0.4) is 0 Å². The summed E-state index contributed by atoms with van der Waals surface area (Å²) in [6.07, 6.45) is 0. The third-order valence-electron chi connectivity index (χ3n) is 14.8. The number of rotatable bonds is 7. The number of hydrogen-bond donors (Lipinski definition) is 0. The van der Waals surface area contributed by atoms with E-state index >= 15 is 0 Å².